The molecule has 0 radical (unpaired) electrons. The number of alkyl halides is 2. The molecule has 0 saturated carbocycles. The van der Waals surface area contributed by atoms with Crippen LogP contribution in [0.3, 0.4) is 0 Å². The van der Waals surface area contributed by atoms with Crippen molar-refractivity contribution in [1.29, 1.82) is 0 Å². The minimum atomic E-state index is -0.843. The molecule has 5 nitrogen and oxygen atoms in total. The van der Waals surface area contributed by atoms with E-state index in [4.69, 9.17) is 4.74 Å². The van der Waals surface area contributed by atoms with Crippen molar-refractivity contribution < 1.29 is 14.6 Å². The topological polar surface area (TPSA) is 53.0 Å². The molecule has 33 heavy (non-hydrogen) atoms. The molecule has 1 aliphatic rings. The van der Waals surface area contributed by atoms with Crippen molar-refractivity contribution in [3.8, 4) is 11.5 Å². The van der Waals surface area contributed by atoms with Gasteiger partial charge >= 0.3 is 5.97 Å². The number of rotatable bonds is 10. The van der Waals surface area contributed by atoms with E-state index < -0.39 is 11.9 Å². The third-order valence-electron chi connectivity index (χ3n) is 5.71. The van der Waals surface area contributed by atoms with Gasteiger partial charge in [0.15, 0.2) is 0 Å². The standard InChI is InChI=1S/C24H32N2O3.2CH3I/c1-4-25(2)15-8-16-26(3)14-7-9-18-12-13-20-22(17-18)29-21-11-6-5-10-19(21)23(20)24(27)28;2*1-2/h5-6,10-13,17,23H,4,7-9,14-16H2,1-3H3,(H,27,28);2*1H3. The van der Waals surface area contributed by atoms with Gasteiger partial charge in [-0.2, -0.15) is 0 Å². The van der Waals surface area contributed by atoms with Crippen molar-refractivity contribution in [3.05, 3.63) is 59.2 Å². The molecule has 2 aromatic carbocycles. The lowest BCUT2D eigenvalue weighted by atomic mass is 9.87. The fraction of sp³-hybridized carbons (Fsp3) is 0.500. The van der Waals surface area contributed by atoms with Gasteiger partial charge in [0.05, 0.1) is 0 Å². The molecule has 7 heteroatoms. The summed E-state index contributed by atoms with van der Waals surface area (Å²) < 4.78 is 6.03. The molecule has 184 valence electrons. The largest absolute Gasteiger partial charge is 0.481 e. The van der Waals surface area contributed by atoms with Crippen LogP contribution < -0.4 is 4.74 Å². The van der Waals surface area contributed by atoms with Crippen LogP contribution in [-0.4, -0.2) is 71.0 Å². The molecule has 0 amide bonds. The number of halogens is 2. The molecule has 2 aromatic rings. The smallest absolute Gasteiger partial charge is 0.315 e. The van der Waals surface area contributed by atoms with Crippen LogP contribution >= 0.6 is 45.2 Å². The van der Waals surface area contributed by atoms with Crippen LogP contribution in [0.5, 0.6) is 11.5 Å². The summed E-state index contributed by atoms with van der Waals surface area (Å²) in [6, 6.07) is 13.4. The van der Waals surface area contributed by atoms with E-state index in [0.29, 0.717) is 11.5 Å². The first-order valence-corrected chi connectivity index (χ1v) is 15.6. The molecule has 1 unspecified atom stereocenters. The van der Waals surface area contributed by atoms with Crippen molar-refractivity contribution >= 4 is 51.2 Å². The van der Waals surface area contributed by atoms with Gasteiger partial charge in [-0.05, 0) is 87.1 Å². The Morgan fingerprint density at radius 1 is 0.909 bits per heavy atom. The SMILES string of the molecule is CCN(C)CCCN(C)CCCc1ccc2c(c1)Oc1ccccc1C2C(=O)O.CI.CI. The highest BCUT2D eigenvalue weighted by Gasteiger charge is 2.32. The number of para-hydroxylation sites is 1. The predicted octanol–water partition coefficient (Wildman–Crippen LogP) is 6.32. The van der Waals surface area contributed by atoms with Crippen LogP contribution in [0.1, 0.15) is 42.4 Å². The second-order valence-electron chi connectivity index (χ2n) is 7.94. The molecular weight excluding hydrogens is 642 g/mol. The Morgan fingerprint density at radius 3 is 2.18 bits per heavy atom. The molecule has 3 rings (SSSR count). The van der Waals surface area contributed by atoms with Crippen molar-refractivity contribution in [1.82, 2.24) is 9.80 Å². The first-order valence-electron chi connectivity index (χ1n) is 11.2. The lowest BCUT2D eigenvalue weighted by molar-refractivity contribution is -0.137. The van der Waals surface area contributed by atoms with E-state index >= 15 is 0 Å². The summed E-state index contributed by atoms with van der Waals surface area (Å²) in [5.41, 5.74) is 2.64. The fourth-order valence-corrected chi connectivity index (χ4v) is 3.86. The number of nitrogens with zero attached hydrogens (tertiary/aromatic N) is 2. The van der Waals surface area contributed by atoms with Gasteiger partial charge < -0.3 is 19.6 Å². The summed E-state index contributed by atoms with van der Waals surface area (Å²) in [6.07, 6.45) is 3.20. The minimum absolute atomic E-state index is 0.640. The second-order valence-corrected chi connectivity index (χ2v) is 7.94. The number of benzene rings is 2. The first-order chi connectivity index (χ1) is 16.0. The summed E-state index contributed by atoms with van der Waals surface area (Å²) >= 11 is 4.30. The van der Waals surface area contributed by atoms with E-state index in [-0.39, 0.29) is 0 Å². The highest BCUT2D eigenvalue weighted by molar-refractivity contribution is 14.1. The number of carboxylic acid groups (broad SMARTS) is 1. The van der Waals surface area contributed by atoms with Gasteiger partial charge in [-0.3, -0.25) is 4.79 Å². The quantitative estimate of drug-likeness (QED) is 0.236. The average Bonchev–Trinajstić information content (AvgIpc) is 2.84. The van der Waals surface area contributed by atoms with E-state index in [9.17, 15) is 9.90 Å². The molecule has 0 bridgehead atoms. The lowest BCUT2D eigenvalue weighted by Gasteiger charge is -2.26. The normalized spacial score (nSPS) is 13.7. The Kier molecular flexibility index (Phi) is 15.2. The number of hydrogen-bond donors (Lipinski definition) is 1. The second kappa shape index (κ2) is 16.7. The van der Waals surface area contributed by atoms with E-state index in [2.05, 4.69) is 76.0 Å². The monoisotopic (exact) mass is 680 g/mol. The van der Waals surface area contributed by atoms with Gasteiger partial charge in [-0.15, -0.1) is 0 Å². The number of hydrogen-bond acceptors (Lipinski definition) is 4. The van der Waals surface area contributed by atoms with Gasteiger partial charge in [0, 0.05) is 11.1 Å². The number of aliphatic carboxylic acids is 1. The summed E-state index contributed by atoms with van der Waals surface area (Å²) in [4.78, 5) is 20.6. The van der Waals surface area contributed by atoms with Gasteiger partial charge in [-0.25, -0.2) is 0 Å². The molecular formula is C26H38I2N2O3. The molecule has 0 fully saturated rings. The first kappa shape index (κ1) is 30.1. The minimum Gasteiger partial charge on any atom is -0.481 e. The Labute approximate surface area is 227 Å². The summed E-state index contributed by atoms with van der Waals surface area (Å²) in [6.45, 7) is 6.57. The van der Waals surface area contributed by atoms with Crippen molar-refractivity contribution in [2.24, 2.45) is 0 Å². The van der Waals surface area contributed by atoms with E-state index in [0.717, 1.165) is 50.1 Å². The van der Waals surface area contributed by atoms with Crippen LogP contribution in [0.15, 0.2) is 42.5 Å². The van der Waals surface area contributed by atoms with Gasteiger partial charge in [-0.1, -0.05) is 82.4 Å². The molecule has 0 aromatic heterocycles. The number of fused-ring (bicyclic) bond motifs is 2. The van der Waals surface area contributed by atoms with Crippen LogP contribution in [0.4, 0.5) is 0 Å². The summed E-state index contributed by atoms with van der Waals surface area (Å²) in [7, 11) is 4.34. The highest BCUT2D eigenvalue weighted by Crippen LogP contribution is 2.44. The third-order valence-corrected chi connectivity index (χ3v) is 5.71. The maximum atomic E-state index is 11.9. The van der Waals surface area contributed by atoms with E-state index in [1.165, 1.54) is 12.0 Å². The molecule has 0 saturated heterocycles. The summed E-state index contributed by atoms with van der Waals surface area (Å²) in [5, 5.41) is 9.76. The number of carbonyl (C=O) groups is 1. The molecule has 0 spiro atoms. The average molecular weight is 680 g/mol. The highest BCUT2D eigenvalue weighted by atomic mass is 127. The molecule has 1 heterocycles. The van der Waals surface area contributed by atoms with Crippen LogP contribution in [0, 0.1) is 0 Å². The zero-order valence-corrected chi connectivity index (χ0v) is 24.8. The maximum absolute atomic E-state index is 11.9. The molecule has 1 aliphatic heterocycles. The lowest BCUT2D eigenvalue weighted by Crippen LogP contribution is -2.26. The van der Waals surface area contributed by atoms with Gasteiger partial charge in [0.25, 0.3) is 0 Å². The van der Waals surface area contributed by atoms with Crippen molar-refractivity contribution in [2.75, 3.05) is 50.1 Å². The third kappa shape index (κ3) is 9.33. The Morgan fingerprint density at radius 2 is 1.52 bits per heavy atom. The van der Waals surface area contributed by atoms with Crippen LogP contribution in [-0.2, 0) is 11.2 Å². The van der Waals surface area contributed by atoms with E-state index in [1.54, 1.807) is 0 Å². The molecule has 0 aliphatic carbocycles. The Balaban J connectivity index is 0.00000129. The molecule has 1 atom stereocenters. The van der Waals surface area contributed by atoms with Gasteiger partial charge in [0.1, 0.15) is 17.4 Å². The summed E-state index contributed by atoms with van der Waals surface area (Å²) in [5.74, 6) is -0.202. The van der Waals surface area contributed by atoms with Crippen molar-refractivity contribution in [2.45, 2.75) is 32.1 Å². The fourth-order valence-electron chi connectivity index (χ4n) is 3.86. The van der Waals surface area contributed by atoms with Crippen molar-refractivity contribution in [3.63, 3.8) is 0 Å². The number of carboxylic acids is 1. The zero-order valence-electron chi connectivity index (χ0n) is 20.5. The van der Waals surface area contributed by atoms with Gasteiger partial charge in [0.2, 0.25) is 0 Å². The Hall–Kier alpha value is -0.910. The maximum Gasteiger partial charge on any atom is 0.315 e. The Bertz CT molecular complexity index is 848. The predicted molar refractivity (Wildman–Crippen MR) is 156 cm³/mol. The molecule has 1 N–H and O–H groups in total. The van der Waals surface area contributed by atoms with Crippen LogP contribution in [0.2, 0.25) is 0 Å². The van der Waals surface area contributed by atoms with Crippen LogP contribution in [0.25, 0.3) is 0 Å². The number of aryl methyl sites for hydroxylation is 1. The number of ether oxygens (including phenoxy) is 1. The zero-order chi connectivity index (χ0) is 24.8. The van der Waals surface area contributed by atoms with E-state index in [1.807, 2.05) is 52.3 Å².